The maximum atomic E-state index is 5.84. The topological polar surface area (TPSA) is 35.6 Å². The molecule has 5 heteroatoms. The Morgan fingerprint density at radius 1 is 1.35 bits per heavy atom. The van der Waals surface area contributed by atoms with Gasteiger partial charge in [-0.15, -0.1) is 11.6 Å². The highest BCUT2D eigenvalue weighted by Gasteiger charge is 2.16. The van der Waals surface area contributed by atoms with Crippen molar-refractivity contribution in [2.45, 2.75) is 39.7 Å². The number of rotatable bonds is 5. The van der Waals surface area contributed by atoms with E-state index in [1.165, 1.54) is 6.42 Å². The quantitative estimate of drug-likeness (QED) is 0.769. The molecule has 0 aromatic carbocycles. The van der Waals surface area contributed by atoms with E-state index in [1.54, 1.807) is 0 Å². The molecule has 2 aromatic heterocycles. The van der Waals surface area contributed by atoms with Gasteiger partial charge < -0.3 is 4.57 Å². The van der Waals surface area contributed by atoms with Crippen LogP contribution in [0.2, 0.25) is 0 Å². The van der Waals surface area contributed by atoms with Crippen LogP contribution in [0.5, 0.6) is 0 Å². The van der Waals surface area contributed by atoms with Crippen LogP contribution in [0, 0.1) is 6.92 Å². The first-order chi connectivity index (χ1) is 8.19. The molecule has 0 aliphatic rings. The van der Waals surface area contributed by atoms with Crippen LogP contribution in [-0.2, 0) is 20.0 Å². The molecule has 0 saturated heterocycles. The van der Waals surface area contributed by atoms with Crippen molar-refractivity contribution in [1.82, 2.24) is 19.3 Å². The Kier molecular flexibility index (Phi) is 3.72. The van der Waals surface area contributed by atoms with Crippen LogP contribution in [0.1, 0.15) is 31.3 Å². The Bertz CT molecular complexity index is 512. The van der Waals surface area contributed by atoms with Gasteiger partial charge in [-0.25, -0.2) is 4.98 Å². The van der Waals surface area contributed by atoms with Crippen molar-refractivity contribution in [2.24, 2.45) is 7.05 Å². The smallest absolute Gasteiger partial charge is 0.158 e. The molecule has 0 aliphatic carbocycles. The normalized spacial score (nSPS) is 11.5. The monoisotopic (exact) mass is 254 g/mol. The van der Waals surface area contributed by atoms with Crippen LogP contribution in [0.15, 0.2) is 0 Å². The summed E-state index contributed by atoms with van der Waals surface area (Å²) in [5.74, 6) is 1.70. The van der Waals surface area contributed by atoms with Gasteiger partial charge in [-0.2, -0.15) is 5.10 Å². The van der Waals surface area contributed by atoms with Gasteiger partial charge in [-0.1, -0.05) is 13.3 Å². The number of imidazole rings is 1. The Hall–Kier alpha value is -1.03. The Balaban J connectivity index is 2.52. The van der Waals surface area contributed by atoms with Crippen molar-refractivity contribution in [3.05, 3.63) is 11.5 Å². The van der Waals surface area contributed by atoms with Crippen molar-refractivity contribution < 1.29 is 0 Å². The second kappa shape index (κ2) is 5.08. The molecule has 94 valence electrons. The lowest BCUT2D eigenvalue weighted by atomic mass is 10.3. The third-order valence-corrected chi connectivity index (χ3v) is 3.21. The van der Waals surface area contributed by atoms with E-state index in [4.69, 9.17) is 11.6 Å². The average molecular weight is 255 g/mol. The van der Waals surface area contributed by atoms with Crippen LogP contribution >= 0.6 is 11.6 Å². The fraction of sp³-hybridized carbons (Fsp3) is 0.667. The highest BCUT2D eigenvalue weighted by molar-refractivity contribution is 6.17. The zero-order valence-corrected chi connectivity index (χ0v) is 11.5. The van der Waals surface area contributed by atoms with E-state index in [2.05, 4.69) is 21.6 Å². The Morgan fingerprint density at radius 2 is 2.12 bits per heavy atom. The highest BCUT2D eigenvalue weighted by Crippen LogP contribution is 2.20. The van der Waals surface area contributed by atoms with Gasteiger partial charge in [0.1, 0.15) is 11.3 Å². The number of hydrogen-bond donors (Lipinski definition) is 0. The number of alkyl halides is 1. The lowest BCUT2D eigenvalue weighted by Crippen LogP contribution is -2.08. The molecule has 0 fully saturated rings. The zero-order valence-electron chi connectivity index (χ0n) is 10.7. The van der Waals surface area contributed by atoms with Gasteiger partial charge >= 0.3 is 0 Å². The number of aromatic nitrogens is 4. The molecule has 2 rings (SSSR count). The molecule has 0 spiro atoms. The summed E-state index contributed by atoms with van der Waals surface area (Å²) in [7, 11) is 1.98. The molecular weight excluding hydrogens is 236 g/mol. The molecule has 0 unspecified atom stereocenters. The van der Waals surface area contributed by atoms with E-state index >= 15 is 0 Å². The summed E-state index contributed by atoms with van der Waals surface area (Å²) < 4.78 is 4.19. The summed E-state index contributed by atoms with van der Waals surface area (Å²) >= 11 is 5.84. The summed E-state index contributed by atoms with van der Waals surface area (Å²) in [5, 5.41) is 4.42. The zero-order chi connectivity index (χ0) is 12.4. The van der Waals surface area contributed by atoms with Crippen LogP contribution in [0.4, 0.5) is 0 Å². The molecule has 2 aromatic rings. The number of hydrogen-bond acceptors (Lipinski definition) is 2. The van der Waals surface area contributed by atoms with Crippen molar-refractivity contribution >= 4 is 22.8 Å². The second-order valence-corrected chi connectivity index (χ2v) is 4.73. The van der Waals surface area contributed by atoms with Crippen LogP contribution in [0.25, 0.3) is 11.2 Å². The van der Waals surface area contributed by atoms with Gasteiger partial charge in [0.05, 0.1) is 5.69 Å². The molecule has 2 heterocycles. The molecule has 0 saturated carbocycles. The first-order valence-corrected chi connectivity index (χ1v) is 6.67. The van der Waals surface area contributed by atoms with Gasteiger partial charge in [0.15, 0.2) is 5.65 Å². The molecule has 17 heavy (non-hydrogen) atoms. The van der Waals surface area contributed by atoms with Gasteiger partial charge in [-0.05, 0) is 13.3 Å². The van der Waals surface area contributed by atoms with E-state index in [9.17, 15) is 0 Å². The minimum atomic E-state index is 0.613. The predicted molar refractivity (Wildman–Crippen MR) is 70.6 cm³/mol. The number of unbranched alkanes of at least 4 members (excludes halogenated alkanes) is 1. The number of fused-ring (bicyclic) bond motifs is 1. The summed E-state index contributed by atoms with van der Waals surface area (Å²) in [6, 6.07) is 0. The Morgan fingerprint density at radius 3 is 2.76 bits per heavy atom. The Labute approximate surface area is 107 Å². The second-order valence-electron chi connectivity index (χ2n) is 4.35. The van der Waals surface area contributed by atoms with E-state index in [1.807, 2.05) is 18.7 Å². The van der Waals surface area contributed by atoms with E-state index in [-0.39, 0.29) is 0 Å². The maximum Gasteiger partial charge on any atom is 0.158 e. The molecule has 0 aliphatic heterocycles. The number of halogens is 1. The van der Waals surface area contributed by atoms with Crippen molar-refractivity contribution in [2.75, 3.05) is 5.88 Å². The van der Waals surface area contributed by atoms with Gasteiger partial charge in [0.2, 0.25) is 0 Å². The van der Waals surface area contributed by atoms with Crippen molar-refractivity contribution in [1.29, 1.82) is 0 Å². The van der Waals surface area contributed by atoms with Crippen LogP contribution < -0.4 is 0 Å². The third kappa shape index (κ3) is 2.18. The van der Waals surface area contributed by atoms with Gasteiger partial charge in [-0.3, -0.25) is 4.68 Å². The standard InChI is InChI=1S/C12H19ClN4/c1-4-5-8-17-10(6-7-13)14-11-9(2)15-16(3)12(11)17/h4-8H2,1-3H3. The summed E-state index contributed by atoms with van der Waals surface area (Å²) in [5.41, 5.74) is 3.13. The van der Waals surface area contributed by atoms with Crippen LogP contribution in [-0.4, -0.2) is 25.2 Å². The first kappa shape index (κ1) is 12.4. The molecule has 0 radical (unpaired) electrons. The minimum absolute atomic E-state index is 0.613. The van der Waals surface area contributed by atoms with E-state index in [0.29, 0.717) is 5.88 Å². The predicted octanol–water partition coefficient (Wildman–Crippen LogP) is 2.66. The van der Waals surface area contributed by atoms with Crippen molar-refractivity contribution in [3.8, 4) is 0 Å². The van der Waals surface area contributed by atoms with E-state index in [0.717, 1.165) is 42.1 Å². The lowest BCUT2D eigenvalue weighted by molar-refractivity contribution is 0.600. The summed E-state index contributed by atoms with van der Waals surface area (Å²) in [6.45, 7) is 5.20. The van der Waals surface area contributed by atoms with Gasteiger partial charge in [0, 0.05) is 25.9 Å². The molecular formula is C12H19ClN4. The highest BCUT2D eigenvalue weighted by atomic mass is 35.5. The molecule has 0 bridgehead atoms. The maximum absolute atomic E-state index is 5.84. The summed E-state index contributed by atoms with van der Waals surface area (Å²) in [4.78, 5) is 4.67. The van der Waals surface area contributed by atoms with E-state index < -0.39 is 0 Å². The largest absolute Gasteiger partial charge is 0.313 e. The molecule has 0 atom stereocenters. The number of nitrogens with zero attached hydrogens (tertiary/aromatic N) is 4. The first-order valence-electron chi connectivity index (χ1n) is 6.13. The minimum Gasteiger partial charge on any atom is -0.313 e. The SMILES string of the molecule is CCCCn1c(CCCl)nc2c(C)nn(C)c21. The molecule has 4 nitrogen and oxygen atoms in total. The molecule has 0 amide bonds. The fourth-order valence-electron chi connectivity index (χ4n) is 2.21. The fourth-order valence-corrected chi connectivity index (χ4v) is 2.38. The molecule has 0 N–H and O–H groups in total. The average Bonchev–Trinajstić information content (AvgIpc) is 2.77. The van der Waals surface area contributed by atoms with Crippen molar-refractivity contribution in [3.63, 3.8) is 0 Å². The summed E-state index contributed by atoms with van der Waals surface area (Å²) in [6.07, 6.45) is 3.15. The number of aryl methyl sites for hydroxylation is 4. The lowest BCUT2D eigenvalue weighted by Gasteiger charge is -2.07. The van der Waals surface area contributed by atoms with Gasteiger partial charge in [0.25, 0.3) is 0 Å². The van der Waals surface area contributed by atoms with Crippen LogP contribution in [0.3, 0.4) is 0 Å². The third-order valence-electron chi connectivity index (χ3n) is 3.02.